The predicted octanol–water partition coefficient (Wildman–Crippen LogP) is 2.21. The number of nitrogens with zero attached hydrogens (tertiary/aromatic N) is 1. The maximum Gasteiger partial charge on any atom is 0.342 e. The smallest absolute Gasteiger partial charge is 0.342 e. The summed E-state index contributed by atoms with van der Waals surface area (Å²) in [6.07, 6.45) is -11.9. The van der Waals surface area contributed by atoms with Gasteiger partial charge in [0.25, 0.3) is 6.43 Å². The van der Waals surface area contributed by atoms with E-state index in [0.29, 0.717) is 6.20 Å². The van der Waals surface area contributed by atoms with Gasteiger partial charge < -0.3 is 23.8 Å². The fraction of sp³-hybridized carbons (Fsp3) is 0.739. The zero-order valence-electron chi connectivity index (χ0n) is 23.4. The molecule has 0 saturated carbocycles. The highest BCUT2D eigenvalue weighted by atomic mass is 35.5. The fourth-order valence-electron chi connectivity index (χ4n) is 3.77. The van der Waals surface area contributed by atoms with E-state index in [1.165, 1.54) is 27.7 Å². The minimum absolute atomic E-state index is 0.0984. The molecule has 13 nitrogen and oxygen atoms in total. The van der Waals surface area contributed by atoms with E-state index in [0.717, 1.165) is 13.8 Å². The highest BCUT2D eigenvalue weighted by molar-refractivity contribution is 7.54. The fourth-order valence-corrected chi connectivity index (χ4v) is 5.78. The van der Waals surface area contributed by atoms with Crippen molar-refractivity contribution in [1.29, 1.82) is 0 Å². The van der Waals surface area contributed by atoms with E-state index in [2.05, 4.69) is 10.2 Å². The van der Waals surface area contributed by atoms with Gasteiger partial charge >= 0.3 is 25.5 Å². The molecule has 0 bridgehead atoms. The summed E-state index contributed by atoms with van der Waals surface area (Å²) in [5.41, 5.74) is -3.61. The number of aliphatic hydroxyl groups excluding tert-OH is 1. The third-order valence-electron chi connectivity index (χ3n) is 5.84. The first kappa shape index (κ1) is 36.1. The van der Waals surface area contributed by atoms with Gasteiger partial charge in [-0.15, -0.1) is 0 Å². The van der Waals surface area contributed by atoms with E-state index in [1.807, 2.05) is 0 Å². The van der Waals surface area contributed by atoms with E-state index in [-0.39, 0.29) is 4.90 Å². The summed E-state index contributed by atoms with van der Waals surface area (Å²) >= 11 is 5.65. The van der Waals surface area contributed by atoms with Crippen LogP contribution in [0.5, 0.6) is 0 Å². The Labute approximate surface area is 243 Å². The molecule has 2 aliphatic heterocycles. The van der Waals surface area contributed by atoms with Crippen molar-refractivity contribution in [2.75, 3.05) is 6.61 Å². The van der Waals surface area contributed by atoms with Gasteiger partial charge in [-0.05, 0) is 41.5 Å². The van der Waals surface area contributed by atoms with Crippen LogP contribution >= 0.6 is 19.3 Å². The number of alkyl halides is 4. The summed E-state index contributed by atoms with van der Waals surface area (Å²) in [5, 5.41) is 14.1. The quantitative estimate of drug-likeness (QED) is 0.115. The van der Waals surface area contributed by atoms with Crippen molar-refractivity contribution in [3.8, 4) is 0 Å². The Morgan fingerprint density at radius 2 is 1.57 bits per heavy atom. The monoisotopic (exact) mass is 653 g/mol. The Bertz CT molecular complexity index is 1110. The lowest BCUT2D eigenvalue weighted by Crippen LogP contribution is -2.55. The SMILES string of the molecule is CC(C)OC(=O)[C@H](C)NP(=O)(N[C@@H](C)C(=O)OC(C)C)OC[C@@]1(C(F)F)O[C@@H](N2C=C(Cl)C(=O)CC2=O)C(F)(F)[C@@H]1O. The van der Waals surface area contributed by atoms with Gasteiger partial charge in [0.05, 0.1) is 25.2 Å². The third-order valence-corrected chi connectivity index (χ3v) is 8.09. The van der Waals surface area contributed by atoms with Gasteiger partial charge in [-0.1, -0.05) is 11.6 Å². The number of Topliss-reactive ketones (excluding diaryl/α,β-unsaturated/α-hetero) is 1. The molecular formula is C23H33ClF4N3O10P. The van der Waals surface area contributed by atoms with Crippen LogP contribution in [0, 0.1) is 0 Å². The van der Waals surface area contributed by atoms with Gasteiger partial charge in [-0.25, -0.2) is 19.0 Å². The molecule has 0 aromatic rings. The number of ether oxygens (including phenoxy) is 3. The highest BCUT2D eigenvalue weighted by Gasteiger charge is 2.72. The van der Waals surface area contributed by atoms with Crippen molar-refractivity contribution < 1.29 is 65.1 Å². The molecule has 2 rings (SSSR count). The molecule has 240 valence electrons. The van der Waals surface area contributed by atoms with Crippen LogP contribution in [0.1, 0.15) is 48.0 Å². The van der Waals surface area contributed by atoms with Crippen LogP contribution in [-0.2, 0) is 42.5 Å². The third kappa shape index (κ3) is 8.07. The molecule has 42 heavy (non-hydrogen) atoms. The lowest BCUT2D eigenvalue weighted by Gasteiger charge is -2.34. The van der Waals surface area contributed by atoms with Crippen LogP contribution in [-0.4, -0.2) is 94.8 Å². The number of allylic oxidation sites excluding steroid dienone is 1. The average molecular weight is 654 g/mol. The van der Waals surface area contributed by atoms with Gasteiger partial charge in [0.1, 0.15) is 17.1 Å². The molecule has 0 unspecified atom stereocenters. The van der Waals surface area contributed by atoms with Crippen LogP contribution in [0.2, 0.25) is 0 Å². The standard InChI is InChI=1S/C23H33ClF4N3O10P/c1-10(2)39-17(34)12(5)29-42(37,30-13(6)18(35)40-11(3)4)38-9-22(20(25)26)19(36)23(27,28)21(41-22)31-8-14(24)15(32)7-16(31)33/h8,10-13,19-21,36H,7,9H2,1-6H3,(H2,29,30,37)/t12-,13-,19+,21+,22+/m0/s1. The summed E-state index contributed by atoms with van der Waals surface area (Å²) < 4.78 is 93.0. The number of halogens is 5. The highest BCUT2D eigenvalue weighted by Crippen LogP contribution is 2.50. The number of esters is 2. The molecular weight excluding hydrogens is 621 g/mol. The molecule has 0 aromatic heterocycles. The molecule has 19 heteroatoms. The second-order valence-corrected chi connectivity index (χ2v) is 12.5. The second kappa shape index (κ2) is 13.7. The van der Waals surface area contributed by atoms with E-state index in [1.54, 1.807) is 0 Å². The number of amides is 1. The summed E-state index contributed by atoms with van der Waals surface area (Å²) in [7, 11) is -4.84. The van der Waals surface area contributed by atoms with E-state index in [9.17, 15) is 37.6 Å². The minimum Gasteiger partial charge on any atom is -0.462 e. The minimum atomic E-state index is -4.84. The first-order valence-electron chi connectivity index (χ1n) is 12.6. The largest absolute Gasteiger partial charge is 0.462 e. The average Bonchev–Trinajstić information content (AvgIpc) is 3.05. The molecule has 0 spiro atoms. The molecule has 3 N–H and O–H groups in total. The maximum absolute atomic E-state index is 15.2. The summed E-state index contributed by atoms with van der Waals surface area (Å²) in [4.78, 5) is 48.7. The van der Waals surface area contributed by atoms with Crippen molar-refractivity contribution in [3.63, 3.8) is 0 Å². The number of aliphatic hydroxyl groups is 1. The molecule has 1 fully saturated rings. The van der Waals surface area contributed by atoms with Gasteiger partial charge in [0.15, 0.2) is 17.5 Å². The Morgan fingerprint density at radius 3 is 2.00 bits per heavy atom. The predicted molar refractivity (Wildman–Crippen MR) is 136 cm³/mol. The number of carbonyl (C=O) groups is 4. The van der Waals surface area contributed by atoms with Gasteiger partial charge in [-0.2, -0.15) is 8.78 Å². The lowest BCUT2D eigenvalue weighted by molar-refractivity contribution is -0.201. The topological polar surface area (TPSA) is 170 Å². The lowest BCUT2D eigenvalue weighted by atomic mass is 9.95. The molecule has 0 aromatic carbocycles. The molecule has 1 saturated heterocycles. The second-order valence-electron chi connectivity index (χ2n) is 10.2. The number of rotatable bonds is 13. The maximum atomic E-state index is 15.2. The van der Waals surface area contributed by atoms with Crippen LogP contribution in [0.15, 0.2) is 11.2 Å². The van der Waals surface area contributed by atoms with E-state index in [4.69, 9.17) is 30.3 Å². The number of carbonyl (C=O) groups excluding carboxylic acids is 4. The molecule has 5 atom stereocenters. The van der Waals surface area contributed by atoms with Crippen molar-refractivity contribution in [3.05, 3.63) is 11.2 Å². The molecule has 0 radical (unpaired) electrons. The summed E-state index contributed by atoms with van der Waals surface area (Å²) in [6, 6.07) is -2.91. The number of nitrogens with one attached hydrogen (secondary N) is 2. The van der Waals surface area contributed by atoms with Gasteiger partial charge in [0, 0.05) is 6.20 Å². The van der Waals surface area contributed by atoms with Crippen LogP contribution in [0.25, 0.3) is 0 Å². The first-order valence-corrected chi connectivity index (χ1v) is 14.6. The zero-order valence-corrected chi connectivity index (χ0v) is 25.1. The Balaban J connectivity index is 2.43. The van der Waals surface area contributed by atoms with Crippen molar-refractivity contribution in [1.82, 2.24) is 15.1 Å². The first-order chi connectivity index (χ1) is 19.2. The Hall–Kier alpha value is -2.14. The normalized spacial score (nSPS) is 26.1. The van der Waals surface area contributed by atoms with Gasteiger partial charge in [0.2, 0.25) is 12.1 Å². The number of ketones is 1. The Kier molecular flexibility index (Phi) is 11.7. The molecule has 1 amide bonds. The number of hydrogen-bond donors (Lipinski definition) is 3. The number of hydrogen-bond acceptors (Lipinski definition) is 10. The molecule has 2 aliphatic rings. The summed E-state index contributed by atoms with van der Waals surface area (Å²) in [5.74, 6) is -8.73. The van der Waals surface area contributed by atoms with Crippen molar-refractivity contribution in [2.45, 2.75) is 103 Å². The summed E-state index contributed by atoms with van der Waals surface area (Å²) in [6.45, 7) is 6.64. The molecule has 0 aliphatic carbocycles. The van der Waals surface area contributed by atoms with E-state index >= 15 is 8.78 Å². The van der Waals surface area contributed by atoms with E-state index < -0.39 is 104 Å². The van der Waals surface area contributed by atoms with Crippen LogP contribution in [0.3, 0.4) is 0 Å². The Morgan fingerprint density at radius 1 is 1.10 bits per heavy atom. The zero-order chi connectivity index (χ0) is 32.4. The molecule has 2 heterocycles. The van der Waals surface area contributed by atoms with Gasteiger partial charge in [-0.3, -0.25) is 28.6 Å². The van der Waals surface area contributed by atoms with Crippen LogP contribution < -0.4 is 10.2 Å². The van der Waals surface area contributed by atoms with Crippen molar-refractivity contribution >= 4 is 42.9 Å². The van der Waals surface area contributed by atoms with Crippen LogP contribution in [0.4, 0.5) is 17.6 Å². The van der Waals surface area contributed by atoms with Crippen molar-refractivity contribution in [2.24, 2.45) is 0 Å².